The van der Waals surface area contributed by atoms with Gasteiger partial charge < -0.3 is 10.2 Å². The summed E-state index contributed by atoms with van der Waals surface area (Å²) in [5.74, 6) is 2.49. The summed E-state index contributed by atoms with van der Waals surface area (Å²) in [5.41, 5.74) is 2.99. The molecule has 0 bridgehead atoms. The van der Waals surface area contributed by atoms with Crippen LogP contribution in [0.25, 0.3) is 0 Å². The number of aryl methyl sites for hydroxylation is 1. The minimum Gasteiger partial charge on any atom is -0.508 e. The molecule has 118 valence electrons. The summed E-state index contributed by atoms with van der Waals surface area (Å²) in [7, 11) is 0. The Bertz CT molecular complexity index is 576. The van der Waals surface area contributed by atoms with Crippen LogP contribution in [0.3, 0.4) is 0 Å². The number of phenolic OH excluding ortho intramolecular Hbond substituents is 1. The fraction of sp³-hybridized carbons (Fsp3) is 0.600. The molecule has 2 saturated carbocycles. The Kier molecular flexibility index (Phi) is 3.95. The van der Waals surface area contributed by atoms with E-state index in [0.29, 0.717) is 17.6 Å². The molecule has 2 heteroatoms. The molecule has 1 aromatic carbocycles. The molecule has 0 saturated heterocycles. The van der Waals surface area contributed by atoms with E-state index in [1.807, 2.05) is 12.1 Å². The first-order valence-corrected chi connectivity index (χ1v) is 8.43. The lowest BCUT2D eigenvalue weighted by Crippen LogP contribution is -2.43. The average molecular weight is 298 g/mol. The zero-order valence-corrected chi connectivity index (χ0v) is 13.3. The van der Waals surface area contributed by atoms with E-state index in [-0.39, 0.29) is 11.5 Å². The molecule has 1 aromatic rings. The highest BCUT2D eigenvalue weighted by Crippen LogP contribution is 2.60. The van der Waals surface area contributed by atoms with Gasteiger partial charge in [0.2, 0.25) is 0 Å². The van der Waals surface area contributed by atoms with E-state index in [2.05, 4.69) is 25.8 Å². The van der Waals surface area contributed by atoms with Gasteiger partial charge in [0.25, 0.3) is 0 Å². The molecule has 0 spiro atoms. The number of aromatic hydroxyl groups is 1. The van der Waals surface area contributed by atoms with Gasteiger partial charge in [-0.25, -0.2) is 0 Å². The summed E-state index contributed by atoms with van der Waals surface area (Å²) in [6.45, 7) is 2.32. The maximum absolute atomic E-state index is 10.4. The van der Waals surface area contributed by atoms with Crippen molar-refractivity contribution < 1.29 is 10.2 Å². The van der Waals surface area contributed by atoms with Gasteiger partial charge in [0.05, 0.1) is 6.10 Å². The average Bonchev–Trinajstić information content (AvgIpc) is 2.84. The van der Waals surface area contributed by atoms with Crippen LogP contribution in [-0.2, 0) is 6.42 Å². The molecule has 3 aliphatic carbocycles. The van der Waals surface area contributed by atoms with Crippen LogP contribution in [0, 0.1) is 30.1 Å². The number of phenols is 1. The SMILES string of the molecule is C#C.CC12CCC3c4ccc(O)cc4CCC3C1CC[C@@H]2O. The van der Waals surface area contributed by atoms with Crippen molar-refractivity contribution in [1.29, 1.82) is 0 Å². The molecule has 0 aliphatic heterocycles. The predicted molar refractivity (Wildman–Crippen MR) is 88.6 cm³/mol. The van der Waals surface area contributed by atoms with Crippen molar-refractivity contribution in [3.8, 4) is 18.6 Å². The van der Waals surface area contributed by atoms with Crippen LogP contribution < -0.4 is 0 Å². The van der Waals surface area contributed by atoms with E-state index in [1.165, 1.54) is 30.4 Å². The second kappa shape index (κ2) is 5.63. The van der Waals surface area contributed by atoms with Gasteiger partial charge in [-0.3, -0.25) is 0 Å². The van der Waals surface area contributed by atoms with E-state index in [0.717, 1.165) is 25.2 Å². The lowest BCUT2D eigenvalue weighted by molar-refractivity contribution is -0.0226. The molecule has 5 atom stereocenters. The first-order chi connectivity index (χ1) is 10.6. The molecule has 0 radical (unpaired) electrons. The lowest BCUT2D eigenvalue weighted by Gasteiger charge is -2.50. The van der Waals surface area contributed by atoms with Crippen LogP contribution in [0.5, 0.6) is 5.75 Å². The van der Waals surface area contributed by atoms with Gasteiger partial charge in [-0.05, 0) is 85.0 Å². The zero-order chi connectivity index (χ0) is 15.9. The van der Waals surface area contributed by atoms with Crippen LogP contribution in [0.15, 0.2) is 18.2 Å². The topological polar surface area (TPSA) is 40.5 Å². The molecule has 3 aliphatic rings. The van der Waals surface area contributed by atoms with Gasteiger partial charge in [-0.1, -0.05) is 13.0 Å². The number of aliphatic hydroxyl groups excluding tert-OH is 1. The number of rotatable bonds is 0. The van der Waals surface area contributed by atoms with Crippen molar-refractivity contribution in [2.24, 2.45) is 17.3 Å². The van der Waals surface area contributed by atoms with Gasteiger partial charge in [-0.15, -0.1) is 12.8 Å². The quantitative estimate of drug-likeness (QED) is 0.714. The van der Waals surface area contributed by atoms with Crippen molar-refractivity contribution >= 4 is 0 Å². The Labute approximate surface area is 133 Å². The van der Waals surface area contributed by atoms with Crippen molar-refractivity contribution in [3.63, 3.8) is 0 Å². The van der Waals surface area contributed by atoms with Crippen LogP contribution >= 0.6 is 0 Å². The maximum Gasteiger partial charge on any atom is 0.115 e. The highest BCUT2D eigenvalue weighted by atomic mass is 16.3. The number of benzene rings is 1. The Hall–Kier alpha value is -1.46. The number of hydrogen-bond acceptors (Lipinski definition) is 2. The van der Waals surface area contributed by atoms with Gasteiger partial charge in [-0.2, -0.15) is 0 Å². The summed E-state index contributed by atoms with van der Waals surface area (Å²) < 4.78 is 0. The van der Waals surface area contributed by atoms with E-state index in [9.17, 15) is 10.2 Å². The largest absolute Gasteiger partial charge is 0.508 e. The standard InChI is InChI=1S/C18H24O2.C2H2/c1-18-9-8-14-13-5-3-12(19)10-11(13)2-4-15(14)16(18)6-7-17(18)20;1-2/h3,5,10,14-17,19-20H,2,4,6-9H2,1H3;1-2H/t14?,15?,16?,17-,18?;/m0./s1. The Morgan fingerprint density at radius 2 is 1.91 bits per heavy atom. The van der Waals surface area contributed by atoms with Crippen LogP contribution in [0.2, 0.25) is 0 Å². The summed E-state index contributed by atoms with van der Waals surface area (Å²) in [6.07, 6.45) is 14.8. The summed E-state index contributed by atoms with van der Waals surface area (Å²) >= 11 is 0. The molecule has 0 aromatic heterocycles. The monoisotopic (exact) mass is 298 g/mol. The summed E-state index contributed by atoms with van der Waals surface area (Å²) in [5, 5.41) is 20.0. The second-order valence-electron chi connectivity index (χ2n) is 7.44. The molecular formula is C20H26O2. The van der Waals surface area contributed by atoms with E-state index in [4.69, 9.17) is 0 Å². The minimum absolute atomic E-state index is 0.0883. The Morgan fingerprint density at radius 3 is 2.68 bits per heavy atom. The van der Waals surface area contributed by atoms with Crippen LogP contribution in [0.4, 0.5) is 0 Å². The number of fused-ring (bicyclic) bond motifs is 5. The molecule has 4 unspecified atom stereocenters. The van der Waals surface area contributed by atoms with Gasteiger partial charge in [0.1, 0.15) is 5.75 Å². The first-order valence-electron chi connectivity index (χ1n) is 8.43. The third-order valence-electron chi connectivity index (χ3n) is 6.66. The third-order valence-corrected chi connectivity index (χ3v) is 6.66. The highest BCUT2D eigenvalue weighted by molar-refractivity contribution is 5.40. The summed E-state index contributed by atoms with van der Waals surface area (Å²) in [6, 6.07) is 5.96. The maximum atomic E-state index is 10.4. The molecule has 2 fully saturated rings. The molecule has 4 rings (SSSR count). The second-order valence-corrected chi connectivity index (χ2v) is 7.44. The lowest BCUT2D eigenvalue weighted by atomic mass is 9.55. The van der Waals surface area contributed by atoms with E-state index >= 15 is 0 Å². The van der Waals surface area contributed by atoms with E-state index < -0.39 is 0 Å². The van der Waals surface area contributed by atoms with E-state index in [1.54, 1.807) is 0 Å². The fourth-order valence-corrected chi connectivity index (χ4v) is 5.54. The van der Waals surface area contributed by atoms with Crippen molar-refractivity contribution in [2.45, 2.75) is 57.5 Å². The predicted octanol–water partition coefficient (Wildman–Crippen LogP) is 3.86. The molecule has 0 heterocycles. The number of aliphatic hydroxyl groups is 1. The highest BCUT2D eigenvalue weighted by Gasteiger charge is 2.54. The summed E-state index contributed by atoms with van der Waals surface area (Å²) in [4.78, 5) is 0. The van der Waals surface area contributed by atoms with Crippen molar-refractivity contribution in [1.82, 2.24) is 0 Å². The molecule has 2 nitrogen and oxygen atoms in total. The van der Waals surface area contributed by atoms with Crippen LogP contribution in [-0.4, -0.2) is 16.3 Å². The number of hydrogen-bond donors (Lipinski definition) is 2. The third kappa shape index (κ3) is 2.15. The van der Waals surface area contributed by atoms with Crippen molar-refractivity contribution in [3.05, 3.63) is 29.3 Å². The molecule has 2 N–H and O–H groups in total. The van der Waals surface area contributed by atoms with Crippen molar-refractivity contribution in [2.75, 3.05) is 0 Å². The van der Waals surface area contributed by atoms with Gasteiger partial charge in [0, 0.05) is 0 Å². The Balaban J connectivity index is 0.000000693. The zero-order valence-electron chi connectivity index (χ0n) is 13.3. The molecular weight excluding hydrogens is 272 g/mol. The normalized spacial score (nSPS) is 38.9. The minimum atomic E-state index is -0.0883. The fourth-order valence-electron chi connectivity index (χ4n) is 5.54. The van der Waals surface area contributed by atoms with Gasteiger partial charge >= 0.3 is 0 Å². The smallest absolute Gasteiger partial charge is 0.115 e. The number of terminal acetylenes is 1. The molecule has 22 heavy (non-hydrogen) atoms. The molecule has 0 amide bonds. The Morgan fingerprint density at radius 1 is 1.14 bits per heavy atom. The van der Waals surface area contributed by atoms with Crippen LogP contribution in [0.1, 0.15) is 56.1 Å². The first kappa shape index (κ1) is 15.4. The van der Waals surface area contributed by atoms with Gasteiger partial charge in [0.15, 0.2) is 0 Å².